The molecule has 1 atom stereocenters. The fourth-order valence-electron chi connectivity index (χ4n) is 3.21. The van der Waals surface area contributed by atoms with Crippen molar-refractivity contribution >= 4 is 5.91 Å². The van der Waals surface area contributed by atoms with Gasteiger partial charge in [0.05, 0.1) is 11.9 Å². The Hall–Kier alpha value is -2.57. The lowest BCUT2D eigenvalue weighted by Crippen LogP contribution is -2.42. The van der Waals surface area contributed by atoms with Gasteiger partial charge >= 0.3 is 0 Å². The van der Waals surface area contributed by atoms with E-state index in [1.807, 2.05) is 23.1 Å². The molecule has 0 spiro atoms. The van der Waals surface area contributed by atoms with Gasteiger partial charge < -0.3 is 14.4 Å². The highest BCUT2D eigenvalue weighted by Gasteiger charge is 2.26. The predicted octanol–water partition coefficient (Wildman–Crippen LogP) is 2.05. The number of carbonyl (C=O) groups is 1. The molecule has 1 fully saturated rings. The van der Waals surface area contributed by atoms with Crippen LogP contribution in [0, 0.1) is 0 Å². The van der Waals surface area contributed by atoms with Crippen molar-refractivity contribution in [2.45, 2.75) is 32.2 Å². The minimum absolute atomic E-state index is 0.0500. The van der Waals surface area contributed by atoms with Crippen LogP contribution in [0.5, 0.6) is 11.5 Å². The van der Waals surface area contributed by atoms with Gasteiger partial charge in [0.25, 0.3) is 5.91 Å². The summed E-state index contributed by atoms with van der Waals surface area (Å²) in [5.74, 6) is 1.36. The number of aromatic nitrogens is 3. The number of likely N-dealkylation sites (tertiary alicyclic amines) is 1. The SMILES string of the molecule is C[C@@H]1CCCCN1C(=O)c1cn(-c2ccc3c(c2)OCCO3)nn1. The van der Waals surface area contributed by atoms with Gasteiger partial charge in [-0.1, -0.05) is 5.21 Å². The molecular formula is C17H20N4O3. The molecule has 1 aromatic carbocycles. The highest BCUT2D eigenvalue weighted by Crippen LogP contribution is 2.31. The van der Waals surface area contributed by atoms with Gasteiger partial charge in [-0.2, -0.15) is 0 Å². The van der Waals surface area contributed by atoms with Crippen molar-refractivity contribution in [1.29, 1.82) is 0 Å². The average Bonchev–Trinajstić information content (AvgIpc) is 3.11. The van der Waals surface area contributed by atoms with E-state index in [1.54, 1.807) is 10.9 Å². The molecule has 126 valence electrons. The van der Waals surface area contributed by atoms with E-state index in [0.29, 0.717) is 24.7 Å². The normalized spacial score (nSPS) is 20.0. The minimum Gasteiger partial charge on any atom is -0.486 e. The third-order valence-electron chi connectivity index (χ3n) is 4.57. The zero-order chi connectivity index (χ0) is 16.5. The smallest absolute Gasteiger partial charge is 0.276 e. The minimum atomic E-state index is -0.0500. The topological polar surface area (TPSA) is 69.5 Å². The molecule has 3 heterocycles. The van der Waals surface area contributed by atoms with Crippen molar-refractivity contribution < 1.29 is 14.3 Å². The van der Waals surface area contributed by atoms with E-state index in [9.17, 15) is 4.79 Å². The van der Waals surface area contributed by atoms with Crippen molar-refractivity contribution in [1.82, 2.24) is 19.9 Å². The molecule has 1 aromatic heterocycles. The molecule has 0 radical (unpaired) electrons. The van der Waals surface area contributed by atoms with E-state index in [-0.39, 0.29) is 11.9 Å². The summed E-state index contributed by atoms with van der Waals surface area (Å²) < 4.78 is 12.7. The fourth-order valence-corrected chi connectivity index (χ4v) is 3.21. The molecule has 0 saturated carbocycles. The van der Waals surface area contributed by atoms with E-state index in [4.69, 9.17) is 9.47 Å². The molecule has 1 amide bonds. The number of hydrogen-bond donors (Lipinski definition) is 0. The summed E-state index contributed by atoms with van der Waals surface area (Å²) in [7, 11) is 0. The number of benzene rings is 1. The van der Waals surface area contributed by atoms with Gasteiger partial charge in [0.2, 0.25) is 0 Å². The van der Waals surface area contributed by atoms with Crippen LogP contribution in [0.15, 0.2) is 24.4 Å². The third-order valence-corrected chi connectivity index (χ3v) is 4.57. The zero-order valence-corrected chi connectivity index (χ0v) is 13.6. The molecular weight excluding hydrogens is 308 g/mol. The maximum atomic E-state index is 12.7. The van der Waals surface area contributed by atoms with Gasteiger partial charge in [-0.3, -0.25) is 4.79 Å². The Labute approximate surface area is 140 Å². The average molecular weight is 328 g/mol. The van der Waals surface area contributed by atoms with Gasteiger partial charge in [-0.15, -0.1) is 5.10 Å². The van der Waals surface area contributed by atoms with Crippen molar-refractivity contribution in [3.05, 3.63) is 30.1 Å². The first-order chi connectivity index (χ1) is 11.7. The molecule has 1 saturated heterocycles. The Balaban J connectivity index is 1.57. The van der Waals surface area contributed by atoms with E-state index >= 15 is 0 Å². The number of fused-ring (bicyclic) bond motifs is 1. The lowest BCUT2D eigenvalue weighted by atomic mass is 10.0. The first kappa shape index (κ1) is 15.0. The standard InChI is InChI=1S/C17H20N4O3/c1-12-4-2-3-7-20(12)17(22)14-11-21(19-18-14)13-5-6-15-16(10-13)24-9-8-23-15/h5-6,10-12H,2-4,7-9H2,1H3/t12-/m1/s1. The first-order valence-electron chi connectivity index (χ1n) is 8.36. The number of nitrogens with zero attached hydrogens (tertiary/aromatic N) is 4. The van der Waals surface area contributed by atoms with Crippen LogP contribution >= 0.6 is 0 Å². The molecule has 4 rings (SSSR count). The van der Waals surface area contributed by atoms with Crippen LogP contribution in [-0.2, 0) is 0 Å². The number of carbonyl (C=O) groups excluding carboxylic acids is 1. The van der Waals surface area contributed by atoms with Crippen LogP contribution in [0.1, 0.15) is 36.7 Å². The van der Waals surface area contributed by atoms with Crippen molar-refractivity contribution in [3.8, 4) is 17.2 Å². The van der Waals surface area contributed by atoms with Crippen molar-refractivity contribution in [3.63, 3.8) is 0 Å². The maximum Gasteiger partial charge on any atom is 0.276 e. The Morgan fingerprint density at radius 3 is 2.88 bits per heavy atom. The van der Waals surface area contributed by atoms with Gasteiger partial charge in [-0.05, 0) is 38.3 Å². The third kappa shape index (κ3) is 2.70. The summed E-state index contributed by atoms with van der Waals surface area (Å²) in [6, 6.07) is 5.83. The highest BCUT2D eigenvalue weighted by atomic mass is 16.6. The monoisotopic (exact) mass is 328 g/mol. The molecule has 0 N–H and O–H groups in total. The lowest BCUT2D eigenvalue weighted by Gasteiger charge is -2.32. The van der Waals surface area contributed by atoms with Crippen LogP contribution in [-0.4, -0.2) is 51.6 Å². The van der Waals surface area contributed by atoms with E-state index in [2.05, 4.69) is 17.2 Å². The second kappa shape index (κ2) is 6.14. The highest BCUT2D eigenvalue weighted by molar-refractivity contribution is 5.92. The van der Waals surface area contributed by atoms with Crippen LogP contribution in [0.4, 0.5) is 0 Å². The van der Waals surface area contributed by atoms with Crippen LogP contribution in [0.2, 0.25) is 0 Å². The molecule has 7 heteroatoms. The van der Waals surface area contributed by atoms with Gasteiger partial charge in [-0.25, -0.2) is 4.68 Å². The number of amides is 1. The van der Waals surface area contributed by atoms with Crippen LogP contribution in [0.3, 0.4) is 0 Å². The van der Waals surface area contributed by atoms with E-state index in [1.165, 1.54) is 6.42 Å². The molecule has 0 aliphatic carbocycles. The van der Waals surface area contributed by atoms with Gasteiger partial charge in [0.1, 0.15) is 13.2 Å². The Morgan fingerprint density at radius 2 is 2.04 bits per heavy atom. The number of ether oxygens (including phenoxy) is 2. The summed E-state index contributed by atoms with van der Waals surface area (Å²) in [5, 5.41) is 8.16. The second-order valence-corrected chi connectivity index (χ2v) is 6.22. The van der Waals surface area contributed by atoms with Crippen molar-refractivity contribution in [2.75, 3.05) is 19.8 Å². The Morgan fingerprint density at radius 1 is 1.21 bits per heavy atom. The molecule has 0 unspecified atom stereocenters. The maximum absolute atomic E-state index is 12.7. The summed E-state index contributed by atoms with van der Waals surface area (Å²) in [4.78, 5) is 14.5. The first-order valence-corrected chi connectivity index (χ1v) is 8.36. The summed E-state index contributed by atoms with van der Waals surface area (Å²) in [6.07, 6.45) is 4.94. The predicted molar refractivity (Wildman–Crippen MR) is 86.7 cm³/mol. The van der Waals surface area contributed by atoms with Crippen LogP contribution in [0.25, 0.3) is 5.69 Å². The van der Waals surface area contributed by atoms with Gasteiger partial charge in [0.15, 0.2) is 17.2 Å². The quantitative estimate of drug-likeness (QED) is 0.844. The van der Waals surface area contributed by atoms with E-state index < -0.39 is 0 Å². The summed E-state index contributed by atoms with van der Waals surface area (Å²) >= 11 is 0. The fraction of sp³-hybridized carbons (Fsp3) is 0.471. The number of piperidine rings is 1. The zero-order valence-electron chi connectivity index (χ0n) is 13.6. The number of rotatable bonds is 2. The molecule has 2 aromatic rings. The molecule has 2 aliphatic heterocycles. The molecule has 7 nitrogen and oxygen atoms in total. The van der Waals surface area contributed by atoms with Gasteiger partial charge in [0, 0.05) is 18.7 Å². The summed E-state index contributed by atoms with van der Waals surface area (Å²) in [5.41, 5.74) is 1.16. The van der Waals surface area contributed by atoms with Crippen molar-refractivity contribution in [2.24, 2.45) is 0 Å². The van der Waals surface area contributed by atoms with Crippen LogP contribution < -0.4 is 9.47 Å². The molecule has 24 heavy (non-hydrogen) atoms. The largest absolute Gasteiger partial charge is 0.486 e. The number of hydrogen-bond acceptors (Lipinski definition) is 5. The molecule has 2 aliphatic rings. The van der Waals surface area contributed by atoms with E-state index in [0.717, 1.165) is 30.8 Å². The summed E-state index contributed by atoms with van der Waals surface area (Å²) in [6.45, 7) is 3.96. The Bertz CT molecular complexity index is 758. The second-order valence-electron chi connectivity index (χ2n) is 6.22. The lowest BCUT2D eigenvalue weighted by molar-refractivity contribution is 0.0629. The molecule has 0 bridgehead atoms. The Kier molecular flexibility index (Phi) is 3.84.